The minimum Gasteiger partial charge on any atom is -0.493 e. The third-order valence-corrected chi connectivity index (χ3v) is 6.17. The summed E-state index contributed by atoms with van der Waals surface area (Å²) in [4.78, 5) is 12.6. The fraction of sp³-hybridized carbons (Fsp3) is 0.389. The quantitative estimate of drug-likeness (QED) is 0.513. The van der Waals surface area contributed by atoms with E-state index in [1.54, 1.807) is 7.11 Å². The highest BCUT2D eigenvalue weighted by Crippen LogP contribution is 2.28. The van der Waals surface area contributed by atoms with Gasteiger partial charge in [0.2, 0.25) is 11.0 Å². The number of carbonyl (C=O) groups is 1. The molecular formula is C18H22N6O3S2. The molecule has 0 saturated carbocycles. The van der Waals surface area contributed by atoms with E-state index >= 15 is 0 Å². The van der Waals surface area contributed by atoms with Crippen LogP contribution in [0.4, 0.5) is 5.13 Å². The Morgan fingerprint density at radius 3 is 2.66 bits per heavy atom. The molecule has 0 spiro atoms. The van der Waals surface area contributed by atoms with Crippen LogP contribution in [-0.4, -0.2) is 43.2 Å². The minimum absolute atomic E-state index is 0.136. The molecule has 1 N–H and O–H groups in total. The monoisotopic (exact) mass is 434 g/mol. The first kappa shape index (κ1) is 21.1. The number of anilines is 1. The van der Waals surface area contributed by atoms with Crippen LogP contribution in [0, 0.1) is 6.92 Å². The van der Waals surface area contributed by atoms with E-state index in [0.717, 1.165) is 5.01 Å². The van der Waals surface area contributed by atoms with Gasteiger partial charge < -0.3 is 14.0 Å². The molecule has 3 aromatic rings. The van der Waals surface area contributed by atoms with Crippen LogP contribution in [-0.2, 0) is 18.4 Å². The van der Waals surface area contributed by atoms with Crippen molar-refractivity contribution >= 4 is 34.1 Å². The second-order valence-corrected chi connectivity index (χ2v) is 8.38. The number of benzene rings is 1. The Hall–Kier alpha value is -2.66. The number of amides is 1. The number of hydrogen-bond acceptors (Lipinski definition) is 9. The maximum absolute atomic E-state index is 12.6. The van der Waals surface area contributed by atoms with Crippen molar-refractivity contribution in [2.45, 2.75) is 37.3 Å². The highest BCUT2D eigenvalue weighted by molar-refractivity contribution is 8.00. The number of carbonyl (C=O) groups excluding carboxylic acids is 1. The highest BCUT2D eigenvalue weighted by atomic mass is 32.2. The number of thioether (sulfide) groups is 1. The summed E-state index contributed by atoms with van der Waals surface area (Å²) in [5, 5.41) is 20.7. The van der Waals surface area contributed by atoms with Crippen molar-refractivity contribution in [2.24, 2.45) is 7.05 Å². The zero-order valence-electron chi connectivity index (χ0n) is 16.6. The van der Waals surface area contributed by atoms with Crippen molar-refractivity contribution in [3.05, 3.63) is 35.1 Å². The summed E-state index contributed by atoms with van der Waals surface area (Å²) >= 11 is 2.69. The second kappa shape index (κ2) is 9.70. The third kappa shape index (κ3) is 5.24. The summed E-state index contributed by atoms with van der Waals surface area (Å²) in [5.74, 6) is 1.79. The van der Waals surface area contributed by atoms with Crippen LogP contribution in [0.2, 0.25) is 0 Å². The standard InChI is InChI=1S/C18H22N6O3S2/c1-5-14(16(25)19-17-22-20-11(2)28-17)29-18-23-21-15(24(18)3)10-27-13-9-7-6-8-12(13)26-4/h6-9,14H,5,10H2,1-4H3,(H,19,22,25)/t14-/m0/s1. The zero-order chi connectivity index (χ0) is 20.8. The molecule has 0 bridgehead atoms. The summed E-state index contributed by atoms with van der Waals surface area (Å²) in [5.41, 5.74) is 0. The van der Waals surface area contributed by atoms with E-state index in [-0.39, 0.29) is 17.8 Å². The third-order valence-electron chi connectivity index (χ3n) is 4.02. The number of nitrogens with one attached hydrogen (secondary N) is 1. The van der Waals surface area contributed by atoms with Crippen LogP contribution in [0.5, 0.6) is 11.5 Å². The molecule has 0 aliphatic heterocycles. The van der Waals surface area contributed by atoms with Gasteiger partial charge in [-0.2, -0.15) is 0 Å². The van der Waals surface area contributed by atoms with Gasteiger partial charge in [-0.05, 0) is 25.5 Å². The Morgan fingerprint density at radius 1 is 1.24 bits per heavy atom. The molecule has 1 amide bonds. The number of nitrogens with zero attached hydrogens (tertiary/aromatic N) is 5. The zero-order valence-corrected chi connectivity index (χ0v) is 18.2. The molecule has 154 valence electrons. The average molecular weight is 435 g/mol. The summed E-state index contributed by atoms with van der Waals surface area (Å²) in [6.45, 7) is 4.02. The lowest BCUT2D eigenvalue weighted by atomic mass is 10.3. The first-order valence-corrected chi connectivity index (χ1v) is 10.6. The molecule has 0 unspecified atom stereocenters. The molecule has 2 heterocycles. The van der Waals surface area contributed by atoms with Crippen molar-refractivity contribution in [3.63, 3.8) is 0 Å². The number of para-hydroxylation sites is 2. The van der Waals surface area contributed by atoms with Gasteiger partial charge >= 0.3 is 0 Å². The van der Waals surface area contributed by atoms with Gasteiger partial charge in [-0.25, -0.2) is 0 Å². The van der Waals surface area contributed by atoms with Gasteiger partial charge in [0.1, 0.15) is 11.6 Å². The number of methoxy groups -OCH3 is 1. The molecule has 1 aromatic carbocycles. The predicted octanol–water partition coefficient (Wildman–Crippen LogP) is 3.07. The number of hydrogen-bond donors (Lipinski definition) is 1. The summed E-state index contributed by atoms with van der Waals surface area (Å²) < 4.78 is 12.9. The van der Waals surface area contributed by atoms with Gasteiger partial charge in [0.25, 0.3) is 0 Å². The molecule has 3 rings (SSSR count). The van der Waals surface area contributed by atoms with Crippen molar-refractivity contribution in [1.29, 1.82) is 0 Å². The van der Waals surface area contributed by atoms with E-state index in [1.165, 1.54) is 23.1 Å². The highest BCUT2D eigenvalue weighted by Gasteiger charge is 2.23. The lowest BCUT2D eigenvalue weighted by molar-refractivity contribution is -0.115. The first-order valence-electron chi connectivity index (χ1n) is 8.93. The van der Waals surface area contributed by atoms with Gasteiger partial charge in [0, 0.05) is 7.05 Å². The van der Waals surface area contributed by atoms with E-state index in [0.29, 0.717) is 34.0 Å². The van der Waals surface area contributed by atoms with Crippen LogP contribution in [0.25, 0.3) is 0 Å². The molecule has 0 aliphatic rings. The Morgan fingerprint density at radius 2 is 2.00 bits per heavy atom. The Bertz CT molecular complexity index is 974. The predicted molar refractivity (Wildman–Crippen MR) is 112 cm³/mol. The maximum Gasteiger partial charge on any atom is 0.239 e. The van der Waals surface area contributed by atoms with E-state index < -0.39 is 0 Å². The van der Waals surface area contributed by atoms with Crippen LogP contribution < -0.4 is 14.8 Å². The summed E-state index contributed by atoms with van der Waals surface area (Å²) in [6, 6.07) is 7.41. The van der Waals surface area contributed by atoms with Gasteiger partial charge in [0.05, 0.1) is 12.4 Å². The van der Waals surface area contributed by atoms with Crippen LogP contribution >= 0.6 is 23.1 Å². The minimum atomic E-state index is -0.329. The topological polar surface area (TPSA) is 104 Å². The van der Waals surface area contributed by atoms with E-state index in [4.69, 9.17) is 9.47 Å². The largest absolute Gasteiger partial charge is 0.493 e. The number of aromatic nitrogens is 5. The molecule has 2 aromatic heterocycles. The van der Waals surface area contributed by atoms with Crippen molar-refractivity contribution in [2.75, 3.05) is 12.4 Å². The molecule has 29 heavy (non-hydrogen) atoms. The molecule has 1 atom stereocenters. The summed E-state index contributed by atoms with van der Waals surface area (Å²) in [7, 11) is 3.44. The van der Waals surface area contributed by atoms with Gasteiger partial charge in [-0.3, -0.25) is 10.1 Å². The fourth-order valence-corrected chi connectivity index (χ4v) is 3.97. The smallest absolute Gasteiger partial charge is 0.239 e. The second-order valence-electron chi connectivity index (χ2n) is 6.03. The number of ether oxygens (including phenoxy) is 2. The summed E-state index contributed by atoms with van der Waals surface area (Å²) in [6.07, 6.45) is 0.633. The van der Waals surface area contributed by atoms with E-state index in [9.17, 15) is 4.79 Å². The van der Waals surface area contributed by atoms with Gasteiger partial charge in [-0.1, -0.05) is 42.2 Å². The van der Waals surface area contributed by atoms with E-state index in [1.807, 2.05) is 49.7 Å². The lowest BCUT2D eigenvalue weighted by Crippen LogP contribution is -2.25. The van der Waals surface area contributed by atoms with Crippen LogP contribution in [0.3, 0.4) is 0 Å². The molecule has 0 radical (unpaired) electrons. The van der Waals surface area contributed by atoms with Gasteiger partial charge in [0.15, 0.2) is 22.5 Å². The molecule has 0 saturated heterocycles. The molecule has 9 nitrogen and oxygen atoms in total. The van der Waals surface area contributed by atoms with Crippen molar-refractivity contribution in [3.8, 4) is 11.5 Å². The Kier molecular flexibility index (Phi) is 7.04. The average Bonchev–Trinajstić information content (AvgIpc) is 3.29. The van der Waals surface area contributed by atoms with E-state index in [2.05, 4.69) is 25.7 Å². The molecular weight excluding hydrogens is 412 g/mol. The molecule has 0 aliphatic carbocycles. The van der Waals surface area contributed by atoms with Crippen LogP contribution in [0.1, 0.15) is 24.2 Å². The maximum atomic E-state index is 12.6. The normalized spacial score (nSPS) is 11.9. The number of aryl methyl sites for hydroxylation is 1. The SMILES string of the molecule is CC[C@H](Sc1nnc(COc2ccccc2OC)n1C)C(=O)Nc1nnc(C)s1. The Balaban J connectivity index is 1.63. The first-order chi connectivity index (χ1) is 14.0. The van der Waals surface area contributed by atoms with Gasteiger partial charge in [-0.15, -0.1) is 20.4 Å². The Labute approximate surface area is 176 Å². The molecule has 11 heteroatoms. The van der Waals surface area contributed by atoms with Crippen molar-refractivity contribution in [1.82, 2.24) is 25.0 Å². The fourth-order valence-electron chi connectivity index (χ4n) is 2.44. The van der Waals surface area contributed by atoms with Crippen molar-refractivity contribution < 1.29 is 14.3 Å². The lowest BCUT2D eigenvalue weighted by Gasteiger charge is -2.13. The van der Waals surface area contributed by atoms with Crippen LogP contribution in [0.15, 0.2) is 29.4 Å². The molecule has 0 fully saturated rings. The number of rotatable bonds is 9.